The Kier molecular flexibility index (Phi) is 5.67. The van der Waals surface area contributed by atoms with Gasteiger partial charge in [0.25, 0.3) is 0 Å². The number of ether oxygens (including phenoxy) is 1. The summed E-state index contributed by atoms with van der Waals surface area (Å²) in [6, 6.07) is 0. The van der Waals surface area contributed by atoms with E-state index in [0.717, 1.165) is 26.1 Å². The number of hydrogen-bond acceptors (Lipinski definition) is 4. The van der Waals surface area contributed by atoms with Crippen molar-refractivity contribution in [2.75, 3.05) is 45.9 Å². The molecule has 0 spiro atoms. The lowest BCUT2D eigenvalue weighted by atomic mass is 9.92. The number of cyclic esters (lactones) is 1. The van der Waals surface area contributed by atoms with Crippen LogP contribution >= 0.6 is 0 Å². The molecular formula is C16H29N3O3. The Labute approximate surface area is 133 Å². The van der Waals surface area contributed by atoms with Gasteiger partial charge < -0.3 is 15.0 Å². The summed E-state index contributed by atoms with van der Waals surface area (Å²) in [5.74, 6) is 0.414. The molecule has 1 unspecified atom stereocenters. The van der Waals surface area contributed by atoms with E-state index in [4.69, 9.17) is 4.74 Å². The summed E-state index contributed by atoms with van der Waals surface area (Å²) >= 11 is 0. The minimum Gasteiger partial charge on any atom is -0.448 e. The first-order valence-electron chi connectivity index (χ1n) is 8.24. The number of amides is 2. The number of carbonyl (C=O) groups excluding carboxylic acids is 2. The molecule has 1 atom stereocenters. The van der Waals surface area contributed by atoms with Crippen molar-refractivity contribution >= 4 is 12.0 Å². The quantitative estimate of drug-likeness (QED) is 0.832. The van der Waals surface area contributed by atoms with Crippen LogP contribution in [0.25, 0.3) is 0 Å². The van der Waals surface area contributed by atoms with Crippen molar-refractivity contribution in [1.82, 2.24) is 15.1 Å². The molecular weight excluding hydrogens is 282 g/mol. The van der Waals surface area contributed by atoms with Crippen molar-refractivity contribution < 1.29 is 14.3 Å². The number of hydrogen-bond donors (Lipinski definition) is 1. The maximum absolute atomic E-state index is 11.9. The van der Waals surface area contributed by atoms with Crippen LogP contribution in [-0.2, 0) is 9.53 Å². The normalized spacial score (nSPS) is 23.5. The van der Waals surface area contributed by atoms with E-state index in [2.05, 4.69) is 31.0 Å². The first-order chi connectivity index (χ1) is 10.3. The Hall–Kier alpha value is -1.30. The van der Waals surface area contributed by atoms with E-state index < -0.39 is 0 Å². The van der Waals surface area contributed by atoms with E-state index in [1.165, 1.54) is 11.3 Å². The topological polar surface area (TPSA) is 61.9 Å². The van der Waals surface area contributed by atoms with E-state index in [1.807, 2.05) is 0 Å². The van der Waals surface area contributed by atoms with Crippen molar-refractivity contribution in [3.63, 3.8) is 0 Å². The van der Waals surface area contributed by atoms with Crippen molar-refractivity contribution in [1.29, 1.82) is 0 Å². The molecule has 2 saturated heterocycles. The zero-order valence-electron chi connectivity index (χ0n) is 14.1. The Morgan fingerprint density at radius 1 is 1.36 bits per heavy atom. The molecule has 0 aliphatic carbocycles. The largest absolute Gasteiger partial charge is 0.448 e. The van der Waals surface area contributed by atoms with Gasteiger partial charge in [0.15, 0.2) is 0 Å². The first kappa shape index (κ1) is 17.1. The Morgan fingerprint density at radius 3 is 2.77 bits per heavy atom. The second-order valence-corrected chi connectivity index (χ2v) is 7.64. The van der Waals surface area contributed by atoms with E-state index in [-0.39, 0.29) is 18.5 Å². The van der Waals surface area contributed by atoms with Crippen LogP contribution in [0, 0.1) is 11.3 Å². The van der Waals surface area contributed by atoms with Crippen LogP contribution < -0.4 is 5.32 Å². The average Bonchev–Trinajstić information content (AvgIpc) is 2.80. The van der Waals surface area contributed by atoms with E-state index in [0.29, 0.717) is 31.0 Å². The standard InChI is InChI=1S/C16H29N3O3/c1-16(2,3)12-18-6-4-5-13(10-18)9-17-14(20)11-19-7-8-22-15(19)21/h13H,4-12H2,1-3H3,(H,17,20). The second-order valence-electron chi connectivity index (χ2n) is 7.64. The lowest BCUT2D eigenvalue weighted by Crippen LogP contribution is -2.45. The van der Waals surface area contributed by atoms with Gasteiger partial charge in [0.05, 0.1) is 6.54 Å². The van der Waals surface area contributed by atoms with E-state index in [1.54, 1.807) is 0 Å². The molecule has 6 heteroatoms. The van der Waals surface area contributed by atoms with Crippen LogP contribution in [-0.4, -0.2) is 67.7 Å². The van der Waals surface area contributed by atoms with Gasteiger partial charge in [0.1, 0.15) is 13.2 Å². The van der Waals surface area contributed by atoms with Gasteiger partial charge in [-0.15, -0.1) is 0 Å². The molecule has 22 heavy (non-hydrogen) atoms. The highest BCUT2D eigenvalue weighted by Crippen LogP contribution is 2.21. The summed E-state index contributed by atoms with van der Waals surface area (Å²) in [5, 5.41) is 2.97. The van der Waals surface area contributed by atoms with Gasteiger partial charge in [-0.05, 0) is 30.7 Å². The molecule has 6 nitrogen and oxygen atoms in total. The SMILES string of the molecule is CC(C)(C)CN1CCCC(CNC(=O)CN2CCOC2=O)C1. The minimum absolute atomic E-state index is 0.0909. The number of piperidine rings is 1. The molecule has 126 valence electrons. The molecule has 0 bridgehead atoms. The van der Waals surface area contributed by atoms with Gasteiger partial charge in [-0.1, -0.05) is 20.8 Å². The predicted molar refractivity (Wildman–Crippen MR) is 84.5 cm³/mol. The highest BCUT2D eigenvalue weighted by Gasteiger charge is 2.26. The first-order valence-corrected chi connectivity index (χ1v) is 8.24. The molecule has 0 aromatic heterocycles. The van der Waals surface area contributed by atoms with Crippen molar-refractivity contribution in [2.24, 2.45) is 11.3 Å². The molecule has 2 aliphatic heterocycles. The van der Waals surface area contributed by atoms with Crippen molar-refractivity contribution in [3.05, 3.63) is 0 Å². The van der Waals surface area contributed by atoms with Gasteiger partial charge in [-0.25, -0.2) is 4.79 Å². The minimum atomic E-state index is -0.385. The summed E-state index contributed by atoms with van der Waals surface area (Å²) in [6.45, 7) is 11.8. The molecule has 0 radical (unpaired) electrons. The van der Waals surface area contributed by atoms with Crippen LogP contribution in [0.3, 0.4) is 0 Å². The molecule has 0 aromatic rings. The monoisotopic (exact) mass is 311 g/mol. The fourth-order valence-corrected chi connectivity index (χ4v) is 3.19. The van der Waals surface area contributed by atoms with Gasteiger partial charge in [0, 0.05) is 19.6 Å². The lowest BCUT2D eigenvalue weighted by Gasteiger charge is -2.36. The van der Waals surface area contributed by atoms with Crippen LogP contribution in [0.15, 0.2) is 0 Å². The number of nitrogens with one attached hydrogen (secondary N) is 1. The smallest absolute Gasteiger partial charge is 0.410 e. The molecule has 2 amide bonds. The summed E-state index contributed by atoms with van der Waals surface area (Å²) in [6.07, 6.45) is 1.96. The molecule has 2 fully saturated rings. The Balaban J connectivity index is 1.69. The molecule has 0 saturated carbocycles. The van der Waals surface area contributed by atoms with Gasteiger partial charge in [0.2, 0.25) is 5.91 Å². The zero-order chi connectivity index (χ0) is 16.2. The second kappa shape index (κ2) is 7.31. The van der Waals surface area contributed by atoms with Gasteiger partial charge in [-0.3, -0.25) is 9.69 Å². The van der Waals surface area contributed by atoms with Crippen LogP contribution in [0.4, 0.5) is 4.79 Å². The molecule has 2 rings (SSSR count). The zero-order valence-corrected chi connectivity index (χ0v) is 14.1. The van der Waals surface area contributed by atoms with Gasteiger partial charge >= 0.3 is 6.09 Å². The average molecular weight is 311 g/mol. The highest BCUT2D eigenvalue weighted by atomic mass is 16.6. The molecule has 2 heterocycles. The van der Waals surface area contributed by atoms with E-state index in [9.17, 15) is 9.59 Å². The number of carbonyl (C=O) groups is 2. The summed E-state index contributed by atoms with van der Waals surface area (Å²) in [7, 11) is 0. The number of nitrogens with zero attached hydrogens (tertiary/aromatic N) is 2. The maximum atomic E-state index is 11.9. The van der Waals surface area contributed by atoms with Crippen LogP contribution in [0.2, 0.25) is 0 Å². The molecule has 1 N–H and O–H groups in total. The predicted octanol–water partition coefficient (Wildman–Crippen LogP) is 1.31. The highest BCUT2D eigenvalue weighted by molar-refractivity contribution is 5.82. The molecule has 0 aromatic carbocycles. The van der Waals surface area contributed by atoms with Crippen LogP contribution in [0.1, 0.15) is 33.6 Å². The number of rotatable bonds is 5. The van der Waals surface area contributed by atoms with Crippen LogP contribution in [0.5, 0.6) is 0 Å². The third-order valence-electron chi connectivity index (χ3n) is 4.07. The fraction of sp³-hybridized carbons (Fsp3) is 0.875. The third-order valence-corrected chi connectivity index (χ3v) is 4.07. The van der Waals surface area contributed by atoms with Crippen molar-refractivity contribution in [2.45, 2.75) is 33.6 Å². The Morgan fingerprint density at radius 2 is 2.14 bits per heavy atom. The Bertz CT molecular complexity index is 406. The summed E-state index contributed by atoms with van der Waals surface area (Å²) in [4.78, 5) is 27.2. The lowest BCUT2D eigenvalue weighted by molar-refractivity contribution is -0.121. The fourth-order valence-electron chi connectivity index (χ4n) is 3.19. The van der Waals surface area contributed by atoms with E-state index >= 15 is 0 Å². The molecule has 2 aliphatic rings. The summed E-state index contributed by atoms with van der Waals surface area (Å²) < 4.78 is 4.82. The maximum Gasteiger partial charge on any atom is 0.410 e. The third kappa shape index (κ3) is 5.48. The number of likely N-dealkylation sites (tertiary alicyclic amines) is 1. The van der Waals surface area contributed by atoms with Crippen molar-refractivity contribution in [3.8, 4) is 0 Å². The van der Waals surface area contributed by atoms with Gasteiger partial charge in [-0.2, -0.15) is 0 Å². The summed E-state index contributed by atoms with van der Waals surface area (Å²) in [5.41, 5.74) is 0.307.